The molecule has 1 aromatic carbocycles. The van der Waals surface area contributed by atoms with Crippen LogP contribution < -0.4 is 9.62 Å². The van der Waals surface area contributed by atoms with Crippen LogP contribution in [0.2, 0.25) is 0 Å². The second-order valence-corrected chi connectivity index (χ2v) is 6.43. The number of benzene rings is 1. The minimum Gasteiger partial charge on any atom is -0.362 e. The first-order valence-electron chi connectivity index (χ1n) is 6.26. The maximum Gasteiger partial charge on any atom is 0.240 e. The smallest absolute Gasteiger partial charge is 0.240 e. The molecule has 0 spiro atoms. The van der Waals surface area contributed by atoms with Gasteiger partial charge in [0.05, 0.1) is 4.90 Å². The van der Waals surface area contributed by atoms with Gasteiger partial charge in [-0.2, -0.15) is 0 Å². The molecule has 1 aromatic heterocycles. The van der Waals surface area contributed by atoms with Crippen molar-refractivity contribution in [3.05, 3.63) is 54.0 Å². The van der Waals surface area contributed by atoms with Gasteiger partial charge in [0, 0.05) is 32.4 Å². The molecule has 7 heteroatoms. The Bertz CT molecular complexity index is 715. The minimum absolute atomic E-state index is 0.0270. The van der Waals surface area contributed by atoms with E-state index in [2.05, 4.69) is 9.71 Å². The van der Waals surface area contributed by atoms with Crippen molar-refractivity contribution in [1.29, 1.82) is 0 Å². The number of anilines is 1. The summed E-state index contributed by atoms with van der Waals surface area (Å²) in [6, 6.07) is 8.24. The van der Waals surface area contributed by atoms with E-state index in [1.54, 1.807) is 18.3 Å². The van der Waals surface area contributed by atoms with Crippen molar-refractivity contribution in [2.75, 3.05) is 19.0 Å². The van der Waals surface area contributed by atoms with Crippen LogP contribution in [0.15, 0.2) is 47.5 Å². The maximum atomic E-state index is 12.8. The van der Waals surface area contributed by atoms with Crippen LogP contribution in [0.1, 0.15) is 5.56 Å². The molecule has 0 aliphatic rings. The summed E-state index contributed by atoms with van der Waals surface area (Å²) in [5, 5.41) is 0. The molecule has 0 fully saturated rings. The molecular formula is C14H16FN3O2S. The Morgan fingerprint density at radius 1 is 1.19 bits per heavy atom. The zero-order valence-electron chi connectivity index (χ0n) is 11.7. The van der Waals surface area contributed by atoms with E-state index in [0.29, 0.717) is 5.82 Å². The van der Waals surface area contributed by atoms with Crippen LogP contribution >= 0.6 is 0 Å². The van der Waals surface area contributed by atoms with Gasteiger partial charge in [-0.25, -0.2) is 22.5 Å². The highest BCUT2D eigenvalue weighted by molar-refractivity contribution is 7.89. The van der Waals surface area contributed by atoms with E-state index >= 15 is 0 Å². The molecule has 0 atom stereocenters. The van der Waals surface area contributed by atoms with Crippen molar-refractivity contribution >= 4 is 15.8 Å². The average Bonchev–Trinajstić information content (AvgIpc) is 2.46. The van der Waals surface area contributed by atoms with Gasteiger partial charge in [-0.3, -0.25) is 0 Å². The van der Waals surface area contributed by atoms with Crippen LogP contribution in [0.4, 0.5) is 10.2 Å². The fourth-order valence-corrected chi connectivity index (χ4v) is 2.85. The summed E-state index contributed by atoms with van der Waals surface area (Å²) in [5.74, 6) is 0.218. The van der Waals surface area contributed by atoms with Gasteiger partial charge in [-0.15, -0.1) is 0 Å². The number of rotatable bonds is 5. The molecule has 0 saturated carbocycles. The van der Waals surface area contributed by atoms with E-state index in [9.17, 15) is 12.8 Å². The van der Waals surface area contributed by atoms with Crippen LogP contribution in [0.3, 0.4) is 0 Å². The zero-order chi connectivity index (χ0) is 15.5. The Labute approximate surface area is 123 Å². The quantitative estimate of drug-likeness (QED) is 0.914. The van der Waals surface area contributed by atoms with Gasteiger partial charge in [0.1, 0.15) is 11.6 Å². The molecule has 0 bridgehead atoms. The van der Waals surface area contributed by atoms with Crippen LogP contribution in [-0.4, -0.2) is 27.5 Å². The van der Waals surface area contributed by atoms with Gasteiger partial charge < -0.3 is 4.90 Å². The van der Waals surface area contributed by atoms with E-state index in [4.69, 9.17) is 0 Å². The van der Waals surface area contributed by atoms with Crippen LogP contribution in [0.25, 0.3) is 0 Å². The van der Waals surface area contributed by atoms with Gasteiger partial charge in [0.25, 0.3) is 0 Å². The monoisotopic (exact) mass is 309 g/mol. The van der Waals surface area contributed by atoms with Gasteiger partial charge in [-0.1, -0.05) is 6.07 Å². The third-order valence-corrected chi connectivity index (χ3v) is 4.28. The van der Waals surface area contributed by atoms with E-state index in [0.717, 1.165) is 17.7 Å². The predicted molar refractivity (Wildman–Crippen MR) is 79.0 cm³/mol. The molecule has 5 nitrogen and oxygen atoms in total. The van der Waals surface area contributed by atoms with Crippen LogP contribution in [-0.2, 0) is 16.6 Å². The standard InChI is InChI=1S/C14H16FN3O2S/c1-18(2)14-11(4-3-9-16-14)10-17-21(19,20)13-7-5-12(15)6-8-13/h3-9,17H,10H2,1-2H3. The van der Waals surface area contributed by atoms with Crippen LogP contribution in [0.5, 0.6) is 0 Å². The first kappa shape index (κ1) is 15.4. The molecular weight excluding hydrogens is 293 g/mol. The lowest BCUT2D eigenvalue weighted by molar-refractivity contribution is 0.580. The maximum absolute atomic E-state index is 12.8. The molecule has 0 aliphatic carbocycles. The summed E-state index contributed by atoms with van der Waals surface area (Å²) < 4.78 is 39.6. The third-order valence-electron chi connectivity index (χ3n) is 2.87. The van der Waals surface area contributed by atoms with Crippen molar-refractivity contribution < 1.29 is 12.8 Å². The summed E-state index contributed by atoms with van der Waals surface area (Å²) >= 11 is 0. The molecule has 2 rings (SSSR count). The van der Waals surface area contributed by atoms with E-state index in [1.165, 1.54) is 12.1 Å². The minimum atomic E-state index is -3.68. The number of hydrogen-bond donors (Lipinski definition) is 1. The van der Waals surface area contributed by atoms with E-state index in [-0.39, 0.29) is 11.4 Å². The van der Waals surface area contributed by atoms with Gasteiger partial charge in [-0.05, 0) is 30.3 Å². The number of hydrogen-bond acceptors (Lipinski definition) is 4. The summed E-state index contributed by atoms with van der Waals surface area (Å²) in [6.07, 6.45) is 1.65. The summed E-state index contributed by atoms with van der Waals surface area (Å²) in [6.45, 7) is 0.112. The topological polar surface area (TPSA) is 62.3 Å². The molecule has 112 valence electrons. The van der Waals surface area contributed by atoms with Crippen molar-refractivity contribution in [1.82, 2.24) is 9.71 Å². The van der Waals surface area contributed by atoms with Crippen molar-refractivity contribution in [2.45, 2.75) is 11.4 Å². The molecule has 21 heavy (non-hydrogen) atoms. The predicted octanol–water partition coefficient (Wildman–Crippen LogP) is 1.77. The number of aromatic nitrogens is 1. The van der Waals surface area contributed by atoms with Gasteiger partial charge in [0.15, 0.2) is 0 Å². The molecule has 0 radical (unpaired) electrons. The molecule has 0 unspecified atom stereocenters. The lowest BCUT2D eigenvalue weighted by Gasteiger charge is -2.16. The van der Waals surface area contributed by atoms with Crippen LogP contribution in [0, 0.1) is 5.82 Å². The number of nitrogens with one attached hydrogen (secondary N) is 1. The lowest BCUT2D eigenvalue weighted by Crippen LogP contribution is -2.25. The fraction of sp³-hybridized carbons (Fsp3) is 0.214. The third kappa shape index (κ3) is 3.77. The summed E-state index contributed by atoms with van der Waals surface area (Å²) in [7, 11) is -0.0134. The summed E-state index contributed by atoms with van der Waals surface area (Å²) in [4.78, 5) is 6.04. The normalized spacial score (nSPS) is 11.4. The highest BCUT2D eigenvalue weighted by atomic mass is 32.2. The van der Waals surface area contributed by atoms with Crippen molar-refractivity contribution in [3.63, 3.8) is 0 Å². The first-order valence-corrected chi connectivity index (χ1v) is 7.75. The molecule has 1 N–H and O–H groups in total. The molecule has 2 aromatic rings. The Balaban J connectivity index is 2.18. The molecule has 1 heterocycles. The SMILES string of the molecule is CN(C)c1ncccc1CNS(=O)(=O)c1ccc(F)cc1. The number of pyridine rings is 1. The lowest BCUT2D eigenvalue weighted by atomic mass is 10.2. The zero-order valence-corrected chi connectivity index (χ0v) is 12.6. The Morgan fingerprint density at radius 2 is 1.86 bits per heavy atom. The highest BCUT2D eigenvalue weighted by Crippen LogP contribution is 2.16. The Hall–Kier alpha value is -1.99. The van der Waals surface area contributed by atoms with E-state index in [1.807, 2.05) is 19.0 Å². The largest absolute Gasteiger partial charge is 0.362 e. The number of sulfonamides is 1. The highest BCUT2D eigenvalue weighted by Gasteiger charge is 2.15. The Kier molecular flexibility index (Phi) is 4.54. The van der Waals surface area contributed by atoms with Gasteiger partial charge >= 0.3 is 0 Å². The average molecular weight is 309 g/mol. The van der Waals surface area contributed by atoms with Crippen molar-refractivity contribution in [3.8, 4) is 0 Å². The van der Waals surface area contributed by atoms with E-state index < -0.39 is 15.8 Å². The number of nitrogens with zero attached hydrogens (tertiary/aromatic N) is 2. The Morgan fingerprint density at radius 3 is 2.48 bits per heavy atom. The first-order chi connectivity index (χ1) is 9.90. The summed E-state index contributed by atoms with van der Waals surface area (Å²) in [5.41, 5.74) is 0.758. The molecule has 0 saturated heterocycles. The van der Waals surface area contributed by atoms with Crippen molar-refractivity contribution in [2.24, 2.45) is 0 Å². The second-order valence-electron chi connectivity index (χ2n) is 4.66. The second kappa shape index (κ2) is 6.19. The fourth-order valence-electron chi connectivity index (χ4n) is 1.84. The number of halogens is 1. The van der Waals surface area contributed by atoms with Gasteiger partial charge in [0.2, 0.25) is 10.0 Å². The molecule has 0 amide bonds. The molecule has 0 aliphatic heterocycles.